The highest BCUT2D eigenvalue weighted by Gasteiger charge is 1.94. The largest absolute Gasteiger partial charge is 0.0776 e. The van der Waals surface area contributed by atoms with E-state index in [1.54, 1.807) is 0 Å². The normalized spacial score (nSPS) is 10.6. The Kier molecular flexibility index (Phi) is 25.7. The molecule has 136 valence electrons. The molecule has 0 fully saturated rings. The topological polar surface area (TPSA) is 0 Å². The minimum absolute atomic E-state index is 0. The van der Waals surface area contributed by atoms with Gasteiger partial charge in [0.05, 0.1) is 0 Å². The minimum atomic E-state index is 0. The molecular formula is C22H48. The van der Waals surface area contributed by atoms with Crippen LogP contribution in [-0.2, 0) is 0 Å². The monoisotopic (exact) mass is 312 g/mol. The lowest BCUT2D eigenvalue weighted by molar-refractivity contribution is 0.524. The van der Waals surface area contributed by atoms with Crippen molar-refractivity contribution in [2.24, 2.45) is 0 Å². The fourth-order valence-electron chi connectivity index (χ4n) is 3.15. The summed E-state index contributed by atoms with van der Waals surface area (Å²) in [7, 11) is 0. The van der Waals surface area contributed by atoms with Crippen molar-refractivity contribution >= 4 is 0 Å². The molecule has 0 aliphatic heterocycles. The van der Waals surface area contributed by atoms with E-state index in [1.807, 2.05) is 0 Å². The summed E-state index contributed by atoms with van der Waals surface area (Å²) < 4.78 is 0. The van der Waals surface area contributed by atoms with Crippen LogP contribution < -0.4 is 0 Å². The highest BCUT2D eigenvalue weighted by atomic mass is 14.0. The molecule has 0 amide bonds. The Morgan fingerprint density at radius 1 is 0.273 bits per heavy atom. The predicted molar refractivity (Wildman–Crippen MR) is 106 cm³/mol. The summed E-state index contributed by atoms with van der Waals surface area (Å²) in [6.07, 6.45) is 27.9. The van der Waals surface area contributed by atoms with E-state index in [9.17, 15) is 0 Å². The molecule has 0 heterocycles. The maximum Gasteiger partial charge on any atom is -0.0533 e. The van der Waals surface area contributed by atoms with Crippen molar-refractivity contribution in [2.45, 2.75) is 143 Å². The molecule has 0 aliphatic rings. The van der Waals surface area contributed by atoms with E-state index < -0.39 is 0 Å². The van der Waals surface area contributed by atoms with Crippen LogP contribution in [-0.4, -0.2) is 0 Å². The van der Waals surface area contributed by atoms with Gasteiger partial charge in [0.25, 0.3) is 0 Å². The summed E-state index contributed by atoms with van der Waals surface area (Å²) in [5.41, 5.74) is 0. The SMILES string of the molecule is C.CCCCCCCCCCCCCCCCCCCCC. The van der Waals surface area contributed by atoms with E-state index in [-0.39, 0.29) is 7.43 Å². The van der Waals surface area contributed by atoms with Gasteiger partial charge in [-0.3, -0.25) is 0 Å². The summed E-state index contributed by atoms with van der Waals surface area (Å²) in [5.74, 6) is 0. The third-order valence-electron chi connectivity index (χ3n) is 4.71. The highest BCUT2D eigenvalue weighted by molar-refractivity contribution is 4.50. The molecule has 0 unspecified atom stereocenters. The van der Waals surface area contributed by atoms with Gasteiger partial charge in [-0.25, -0.2) is 0 Å². The quantitative estimate of drug-likeness (QED) is 0.221. The van der Waals surface area contributed by atoms with E-state index in [0.717, 1.165) is 0 Å². The van der Waals surface area contributed by atoms with Crippen LogP contribution in [0.1, 0.15) is 143 Å². The standard InChI is InChI=1S/C21H44.CH4/c1-3-5-7-9-11-13-15-17-19-21-20-18-16-14-12-10-8-6-4-2;/h3-21H2,1-2H3;1H4. The van der Waals surface area contributed by atoms with Crippen molar-refractivity contribution in [3.63, 3.8) is 0 Å². The first kappa shape index (κ1) is 24.3. The van der Waals surface area contributed by atoms with Gasteiger partial charge in [-0.15, -0.1) is 0 Å². The molecule has 0 bridgehead atoms. The summed E-state index contributed by atoms with van der Waals surface area (Å²) in [6.45, 7) is 4.60. The van der Waals surface area contributed by atoms with Crippen LogP contribution >= 0.6 is 0 Å². The molecule has 0 aromatic carbocycles. The third-order valence-corrected chi connectivity index (χ3v) is 4.71. The Hall–Kier alpha value is 0. The Labute approximate surface area is 143 Å². The van der Waals surface area contributed by atoms with Crippen molar-refractivity contribution in [3.8, 4) is 0 Å². The zero-order valence-corrected chi connectivity index (χ0v) is 15.4. The fourth-order valence-corrected chi connectivity index (χ4v) is 3.15. The Morgan fingerprint density at radius 3 is 0.545 bits per heavy atom. The average molecular weight is 313 g/mol. The van der Waals surface area contributed by atoms with Crippen molar-refractivity contribution in [1.82, 2.24) is 0 Å². The van der Waals surface area contributed by atoms with E-state index in [4.69, 9.17) is 0 Å². The molecule has 0 radical (unpaired) electrons. The van der Waals surface area contributed by atoms with Crippen LogP contribution in [0.3, 0.4) is 0 Å². The van der Waals surface area contributed by atoms with Crippen LogP contribution in [0.2, 0.25) is 0 Å². The summed E-state index contributed by atoms with van der Waals surface area (Å²) in [5, 5.41) is 0. The van der Waals surface area contributed by atoms with Crippen LogP contribution in [0.5, 0.6) is 0 Å². The van der Waals surface area contributed by atoms with Gasteiger partial charge < -0.3 is 0 Å². The zero-order valence-electron chi connectivity index (χ0n) is 15.4. The highest BCUT2D eigenvalue weighted by Crippen LogP contribution is 2.14. The molecule has 0 N–H and O–H groups in total. The fraction of sp³-hybridized carbons (Fsp3) is 1.00. The molecule has 0 aromatic rings. The maximum atomic E-state index is 2.30. The molecule has 0 spiro atoms. The van der Waals surface area contributed by atoms with Crippen molar-refractivity contribution in [1.29, 1.82) is 0 Å². The van der Waals surface area contributed by atoms with Gasteiger partial charge in [-0.1, -0.05) is 143 Å². The molecule has 0 rings (SSSR count). The number of hydrogen-bond acceptors (Lipinski definition) is 0. The second kappa shape index (κ2) is 23.3. The van der Waals surface area contributed by atoms with Crippen molar-refractivity contribution in [2.75, 3.05) is 0 Å². The summed E-state index contributed by atoms with van der Waals surface area (Å²) >= 11 is 0. The molecule has 22 heavy (non-hydrogen) atoms. The van der Waals surface area contributed by atoms with Crippen LogP contribution in [0.25, 0.3) is 0 Å². The summed E-state index contributed by atoms with van der Waals surface area (Å²) in [6, 6.07) is 0. The lowest BCUT2D eigenvalue weighted by Gasteiger charge is -2.03. The van der Waals surface area contributed by atoms with E-state index in [0.29, 0.717) is 0 Å². The first-order chi connectivity index (χ1) is 10.4. The molecule has 0 aromatic heterocycles. The van der Waals surface area contributed by atoms with E-state index in [2.05, 4.69) is 13.8 Å². The molecule has 0 atom stereocenters. The lowest BCUT2D eigenvalue weighted by Crippen LogP contribution is -1.83. The van der Waals surface area contributed by atoms with Gasteiger partial charge in [-0.05, 0) is 0 Å². The molecule has 0 saturated carbocycles. The maximum absolute atomic E-state index is 2.30. The van der Waals surface area contributed by atoms with Gasteiger partial charge >= 0.3 is 0 Å². The van der Waals surface area contributed by atoms with Gasteiger partial charge in [0.15, 0.2) is 0 Å². The van der Waals surface area contributed by atoms with E-state index in [1.165, 1.54) is 122 Å². The first-order valence-corrected chi connectivity index (χ1v) is 10.4. The van der Waals surface area contributed by atoms with Gasteiger partial charge in [0.1, 0.15) is 0 Å². The van der Waals surface area contributed by atoms with Crippen LogP contribution in [0, 0.1) is 0 Å². The second-order valence-electron chi connectivity index (χ2n) is 7.01. The molecule has 0 nitrogen and oxygen atoms in total. The number of hydrogen-bond donors (Lipinski definition) is 0. The number of unbranched alkanes of at least 4 members (excludes halogenated alkanes) is 18. The second-order valence-corrected chi connectivity index (χ2v) is 7.01. The first-order valence-electron chi connectivity index (χ1n) is 10.4. The molecular weight excluding hydrogens is 264 g/mol. The van der Waals surface area contributed by atoms with Crippen LogP contribution in [0.4, 0.5) is 0 Å². The van der Waals surface area contributed by atoms with Crippen molar-refractivity contribution in [3.05, 3.63) is 0 Å². The third kappa shape index (κ3) is 22.3. The summed E-state index contributed by atoms with van der Waals surface area (Å²) in [4.78, 5) is 0. The molecule has 0 aliphatic carbocycles. The number of rotatable bonds is 18. The van der Waals surface area contributed by atoms with Gasteiger partial charge in [0.2, 0.25) is 0 Å². The Bertz CT molecular complexity index is 143. The lowest BCUT2D eigenvalue weighted by atomic mass is 10.0. The van der Waals surface area contributed by atoms with Gasteiger partial charge in [0, 0.05) is 0 Å². The van der Waals surface area contributed by atoms with Gasteiger partial charge in [-0.2, -0.15) is 0 Å². The predicted octanol–water partition coefficient (Wildman–Crippen LogP) is 9.07. The molecule has 0 saturated heterocycles. The minimum Gasteiger partial charge on any atom is -0.0776 e. The smallest absolute Gasteiger partial charge is 0.0533 e. The Balaban J connectivity index is 0. The van der Waals surface area contributed by atoms with Crippen molar-refractivity contribution < 1.29 is 0 Å². The zero-order chi connectivity index (χ0) is 15.4. The Morgan fingerprint density at radius 2 is 0.409 bits per heavy atom. The van der Waals surface area contributed by atoms with Crippen LogP contribution in [0.15, 0.2) is 0 Å². The average Bonchev–Trinajstić information content (AvgIpc) is 2.50. The molecule has 0 heteroatoms. The van der Waals surface area contributed by atoms with E-state index >= 15 is 0 Å².